The van der Waals surface area contributed by atoms with Gasteiger partial charge in [0.1, 0.15) is 5.75 Å². The molecule has 4 nitrogen and oxygen atoms in total. The number of hydrogen-bond donors (Lipinski definition) is 1. The van der Waals surface area contributed by atoms with Crippen LogP contribution in [0.2, 0.25) is 18.1 Å². The molecule has 0 aromatic heterocycles. The summed E-state index contributed by atoms with van der Waals surface area (Å²) in [6.07, 6.45) is 5.76. The summed E-state index contributed by atoms with van der Waals surface area (Å²) in [6, 6.07) is 7.98. The van der Waals surface area contributed by atoms with E-state index in [9.17, 15) is 5.11 Å². The molecule has 0 radical (unpaired) electrons. The molecule has 1 rings (SSSR count). The summed E-state index contributed by atoms with van der Waals surface area (Å²) in [5.74, 6) is 1.28. The van der Waals surface area contributed by atoms with E-state index in [1.807, 2.05) is 30.3 Å². The SMILES string of the molecule is C=CCC[C@@H](C)[C@H](OCc1ccc(OC)cc1)[C@@H](CO)CCCO[Si](C)(C)C(C)(C)C. The van der Waals surface area contributed by atoms with Gasteiger partial charge in [-0.2, -0.15) is 0 Å². The van der Waals surface area contributed by atoms with E-state index >= 15 is 0 Å². The zero-order valence-corrected chi connectivity index (χ0v) is 21.9. The molecule has 0 saturated heterocycles. The van der Waals surface area contributed by atoms with Crippen LogP contribution in [0.1, 0.15) is 58.9 Å². The Morgan fingerprint density at radius 1 is 1.13 bits per heavy atom. The molecule has 1 aromatic carbocycles. The quantitative estimate of drug-likeness (QED) is 0.186. The molecule has 0 aliphatic rings. The smallest absolute Gasteiger partial charge is 0.191 e. The van der Waals surface area contributed by atoms with Crippen molar-refractivity contribution in [1.82, 2.24) is 0 Å². The fourth-order valence-electron chi connectivity index (χ4n) is 3.47. The first-order chi connectivity index (χ1) is 14.6. The van der Waals surface area contributed by atoms with Crippen LogP contribution in [0.4, 0.5) is 0 Å². The molecule has 0 saturated carbocycles. The van der Waals surface area contributed by atoms with Gasteiger partial charge in [0.05, 0.1) is 19.8 Å². The van der Waals surface area contributed by atoms with Gasteiger partial charge < -0.3 is 19.0 Å². The maximum absolute atomic E-state index is 10.2. The van der Waals surface area contributed by atoms with Crippen LogP contribution in [0.3, 0.4) is 0 Å². The van der Waals surface area contributed by atoms with Crippen LogP contribution in [0.5, 0.6) is 5.75 Å². The van der Waals surface area contributed by atoms with E-state index in [-0.39, 0.29) is 23.7 Å². The number of benzene rings is 1. The van der Waals surface area contributed by atoms with Gasteiger partial charge in [0, 0.05) is 19.1 Å². The first kappa shape index (κ1) is 27.9. The van der Waals surface area contributed by atoms with Crippen LogP contribution in [-0.4, -0.2) is 39.9 Å². The van der Waals surface area contributed by atoms with Crippen molar-refractivity contribution >= 4 is 8.32 Å². The van der Waals surface area contributed by atoms with E-state index in [4.69, 9.17) is 13.9 Å². The molecule has 3 atom stereocenters. The Bertz CT molecular complexity index is 621. The van der Waals surface area contributed by atoms with E-state index in [1.165, 1.54) is 0 Å². The van der Waals surface area contributed by atoms with E-state index in [0.717, 1.165) is 43.6 Å². The van der Waals surface area contributed by atoms with Crippen LogP contribution in [0.25, 0.3) is 0 Å². The first-order valence-electron chi connectivity index (χ1n) is 11.7. The standard InChI is InChI=1S/C26H46O4Si/c1-9-10-12-21(2)25(29-20-22-14-16-24(28-6)17-15-22)23(19-27)13-11-18-30-31(7,8)26(3,4)5/h9,14-17,21,23,25,27H,1,10-13,18-20H2,2-8H3/t21-,23-,25+/m1/s1. The largest absolute Gasteiger partial charge is 0.497 e. The van der Waals surface area contributed by atoms with Crippen molar-refractivity contribution in [1.29, 1.82) is 0 Å². The second-order valence-corrected chi connectivity index (χ2v) is 15.0. The minimum atomic E-state index is -1.74. The van der Waals surface area contributed by atoms with Gasteiger partial charge in [-0.15, -0.1) is 6.58 Å². The molecule has 0 aliphatic heterocycles. The van der Waals surface area contributed by atoms with Crippen molar-refractivity contribution < 1.29 is 19.0 Å². The van der Waals surface area contributed by atoms with Crippen LogP contribution >= 0.6 is 0 Å². The Balaban J connectivity index is 2.72. The van der Waals surface area contributed by atoms with Crippen molar-refractivity contribution in [2.24, 2.45) is 11.8 Å². The normalized spacial score (nSPS) is 15.4. The molecule has 0 spiro atoms. The predicted octanol–water partition coefficient (Wildman–Crippen LogP) is 6.59. The second kappa shape index (κ2) is 13.4. The van der Waals surface area contributed by atoms with Crippen molar-refractivity contribution in [2.75, 3.05) is 20.3 Å². The Hall–Kier alpha value is -1.14. The van der Waals surface area contributed by atoms with Gasteiger partial charge in [-0.1, -0.05) is 45.9 Å². The highest BCUT2D eigenvalue weighted by Crippen LogP contribution is 2.36. The highest BCUT2D eigenvalue weighted by atomic mass is 28.4. The fourth-order valence-corrected chi connectivity index (χ4v) is 4.56. The van der Waals surface area contributed by atoms with E-state index in [2.05, 4.69) is 47.4 Å². The molecule has 5 heteroatoms. The Morgan fingerprint density at radius 3 is 2.29 bits per heavy atom. The lowest BCUT2D eigenvalue weighted by Crippen LogP contribution is -2.41. The zero-order valence-electron chi connectivity index (χ0n) is 20.9. The molecule has 0 fully saturated rings. The van der Waals surface area contributed by atoms with E-state index < -0.39 is 8.32 Å². The first-order valence-corrected chi connectivity index (χ1v) is 14.6. The summed E-state index contributed by atoms with van der Waals surface area (Å²) >= 11 is 0. The average Bonchev–Trinajstić information content (AvgIpc) is 2.73. The lowest BCUT2D eigenvalue weighted by Gasteiger charge is -2.36. The van der Waals surface area contributed by atoms with Gasteiger partial charge in [0.25, 0.3) is 0 Å². The monoisotopic (exact) mass is 450 g/mol. The van der Waals surface area contributed by atoms with Gasteiger partial charge in [0.2, 0.25) is 0 Å². The Morgan fingerprint density at radius 2 is 1.77 bits per heavy atom. The molecule has 178 valence electrons. The van der Waals surface area contributed by atoms with Crippen LogP contribution in [0, 0.1) is 11.8 Å². The summed E-state index contributed by atoms with van der Waals surface area (Å²) in [4.78, 5) is 0. The summed E-state index contributed by atoms with van der Waals surface area (Å²) in [6.45, 7) is 18.9. The van der Waals surface area contributed by atoms with Crippen LogP contribution in [-0.2, 0) is 15.8 Å². The van der Waals surface area contributed by atoms with Gasteiger partial charge in [-0.25, -0.2) is 0 Å². The second-order valence-electron chi connectivity index (χ2n) is 10.2. The van der Waals surface area contributed by atoms with Crippen molar-refractivity contribution in [2.45, 2.75) is 84.2 Å². The number of methoxy groups -OCH3 is 1. The molecule has 0 unspecified atom stereocenters. The maximum Gasteiger partial charge on any atom is 0.191 e. The number of hydrogen-bond acceptors (Lipinski definition) is 4. The third kappa shape index (κ3) is 9.48. The molecule has 1 aromatic rings. The summed E-state index contributed by atoms with van der Waals surface area (Å²) in [5.41, 5.74) is 1.11. The third-order valence-corrected chi connectivity index (χ3v) is 11.2. The Kier molecular flexibility index (Phi) is 12.1. The van der Waals surface area contributed by atoms with E-state index in [0.29, 0.717) is 12.5 Å². The summed E-state index contributed by atoms with van der Waals surface area (Å²) < 4.78 is 18.0. The van der Waals surface area contributed by atoms with Crippen molar-refractivity contribution in [3.63, 3.8) is 0 Å². The summed E-state index contributed by atoms with van der Waals surface area (Å²) in [7, 11) is -0.0659. The predicted molar refractivity (Wildman–Crippen MR) is 133 cm³/mol. The number of aliphatic hydroxyl groups excluding tert-OH is 1. The van der Waals surface area contributed by atoms with Gasteiger partial charge >= 0.3 is 0 Å². The molecule has 0 amide bonds. The Labute approximate surface area is 192 Å². The zero-order chi connectivity index (χ0) is 23.5. The van der Waals surface area contributed by atoms with Crippen LogP contribution < -0.4 is 4.74 Å². The molecule has 0 heterocycles. The van der Waals surface area contributed by atoms with Gasteiger partial charge in [-0.3, -0.25) is 0 Å². The minimum absolute atomic E-state index is 0.0000714. The molecule has 0 aliphatic carbocycles. The lowest BCUT2D eigenvalue weighted by atomic mass is 9.86. The third-order valence-electron chi connectivity index (χ3n) is 6.68. The summed E-state index contributed by atoms with van der Waals surface area (Å²) in [5, 5.41) is 10.4. The molecule has 31 heavy (non-hydrogen) atoms. The highest BCUT2D eigenvalue weighted by molar-refractivity contribution is 6.74. The fraction of sp³-hybridized carbons (Fsp3) is 0.692. The highest BCUT2D eigenvalue weighted by Gasteiger charge is 2.37. The van der Waals surface area contributed by atoms with E-state index in [1.54, 1.807) is 7.11 Å². The molecular weight excluding hydrogens is 404 g/mol. The lowest BCUT2D eigenvalue weighted by molar-refractivity contribution is -0.0522. The van der Waals surface area contributed by atoms with Crippen molar-refractivity contribution in [3.8, 4) is 5.75 Å². The van der Waals surface area contributed by atoms with Crippen molar-refractivity contribution in [3.05, 3.63) is 42.5 Å². The number of aliphatic hydroxyl groups is 1. The number of rotatable bonds is 15. The molecular formula is C26H46O4Si. The number of allylic oxidation sites excluding steroid dienone is 1. The molecule has 1 N–H and O–H groups in total. The van der Waals surface area contributed by atoms with Gasteiger partial charge in [-0.05, 0) is 67.4 Å². The van der Waals surface area contributed by atoms with Gasteiger partial charge in [0.15, 0.2) is 8.32 Å². The van der Waals surface area contributed by atoms with Crippen LogP contribution in [0.15, 0.2) is 36.9 Å². The maximum atomic E-state index is 10.2. The topological polar surface area (TPSA) is 47.9 Å². The molecule has 0 bridgehead atoms. The number of ether oxygens (including phenoxy) is 2. The average molecular weight is 451 g/mol. The minimum Gasteiger partial charge on any atom is -0.497 e.